The molecule has 0 spiro atoms. The van der Waals surface area contributed by atoms with E-state index in [1.807, 2.05) is 30.3 Å². The molecule has 9 heteroatoms. The molecule has 5 N–H and O–H groups in total. The van der Waals surface area contributed by atoms with Crippen molar-refractivity contribution in [1.29, 1.82) is 0 Å². The summed E-state index contributed by atoms with van der Waals surface area (Å²) in [5.74, 6) is 0.00621. The highest BCUT2D eigenvalue weighted by Crippen LogP contribution is 2.33. The molecule has 4 rings (SSSR count). The third-order valence-electron chi connectivity index (χ3n) is 7.77. The van der Waals surface area contributed by atoms with Crippen LogP contribution in [-0.4, -0.2) is 51.8 Å². The molecule has 0 bridgehead atoms. The third kappa shape index (κ3) is 6.10. The van der Waals surface area contributed by atoms with Gasteiger partial charge in [-0.1, -0.05) is 62.4 Å². The first-order valence-corrected chi connectivity index (χ1v) is 13.4. The molecule has 1 aliphatic carbocycles. The minimum Gasteiger partial charge on any atom is -0.343 e. The van der Waals surface area contributed by atoms with Crippen LogP contribution in [0.1, 0.15) is 70.8 Å². The quantitative estimate of drug-likeness (QED) is 0.365. The van der Waals surface area contributed by atoms with Gasteiger partial charge in [0.15, 0.2) is 12.1 Å². The molecule has 1 saturated heterocycles. The Balaban J connectivity index is 1.57. The summed E-state index contributed by atoms with van der Waals surface area (Å²) in [5, 5.41) is 9.22. The van der Waals surface area contributed by atoms with Gasteiger partial charge < -0.3 is 31.0 Å². The predicted molar refractivity (Wildman–Crippen MR) is 143 cm³/mol. The number of nitrogens with one attached hydrogen (secondary N) is 3. The van der Waals surface area contributed by atoms with Crippen LogP contribution in [0.3, 0.4) is 0 Å². The zero-order valence-electron chi connectivity index (χ0n) is 21.9. The minimum absolute atomic E-state index is 0.102. The number of rotatable bonds is 10. The van der Waals surface area contributed by atoms with E-state index in [1.165, 1.54) is 6.42 Å². The molecule has 2 heterocycles. The number of hydrogen-bond acceptors (Lipinski definition) is 6. The molecule has 2 amide bonds. The molecule has 1 saturated carbocycles. The second-order valence-electron chi connectivity index (χ2n) is 11.1. The fourth-order valence-corrected chi connectivity index (χ4v) is 5.64. The van der Waals surface area contributed by atoms with Crippen LogP contribution in [0.5, 0.6) is 0 Å². The summed E-state index contributed by atoms with van der Waals surface area (Å²) in [5.41, 5.74) is 4.76. The summed E-state index contributed by atoms with van der Waals surface area (Å²) in [6.07, 6.45) is 12.2. The summed E-state index contributed by atoms with van der Waals surface area (Å²) < 4.78 is 1.78. The molecular weight excluding hydrogens is 468 g/mol. The molecule has 2 aromatic rings. The number of anilines is 1. The Kier molecular flexibility index (Phi) is 8.44. The van der Waals surface area contributed by atoms with Crippen molar-refractivity contribution >= 4 is 23.9 Å². The van der Waals surface area contributed by atoms with Crippen molar-refractivity contribution in [2.24, 2.45) is 11.7 Å². The van der Waals surface area contributed by atoms with Gasteiger partial charge in [-0.15, -0.1) is 0 Å². The summed E-state index contributed by atoms with van der Waals surface area (Å²) >= 11 is 0. The van der Waals surface area contributed by atoms with Crippen molar-refractivity contribution in [2.45, 2.75) is 88.4 Å². The summed E-state index contributed by atoms with van der Waals surface area (Å²) in [6.45, 7) is 4.09. The van der Waals surface area contributed by atoms with Crippen molar-refractivity contribution < 1.29 is 14.4 Å². The van der Waals surface area contributed by atoms with Gasteiger partial charge in [0, 0.05) is 12.2 Å². The highest BCUT2D eigenvalue weighted by Gasteiger charge is 2.43. The summed E-state index contributed by atoms with van der Waals surface area (Å²) in [7, 11) is 0. The van der Waals surface area contributed by atoms with Gasteiger partial charge in [-0.3, -0.25) is 9.59 Å². The third-order valence-corrected chi connectivity index (χ3v) is 7.77. The van der Waals surface area contributed by atoms with Gasteiger partial charge in [0.2, 0.25) is 11.8 Å². The number of aromatic nitrogens is 2. The van der Waals surface area contributed by atoms with Gasteiger partial charge in [0.25, 0.3) is 0 Å². The number of imidazole rings is 1. The van der Waals surface area contributed by atoms with E-state index < -0.39 is 17.1 Å². The zero-order valence-corrected chi connectivity index (χ0v) is 21.9. The molecule has 1 aromatic carbocycles. The van der Waals surface area contributed by atoms with E-state index in [0.717, 1.165) is 56.9 Å². The molecule has 2 unspecified atom stereocenters. The molecule has 9 nitrogen and oxygen atoms in total. The highest BCUT2D eigenvalue weighted by atomic mass is 16.2. The zero-order chi connectivity index (χ0) is 26.5. The Bertz CT molecular complexity index is 1070. The van der Waals surface area contributed by atoms with Crippen LogP contribution < -0.4 is 21.7 Å². The Morgan fingerprint density at radius 2 is 1.89 bits per heavy atom. The topological polar surface area (TPSA) is 131 Å². The van der Waals surface area contributed by atoms with E-state index >= 15 is 0 Å². The Morgan fingerprint density at radius 1 is 1.16 bits per heavy atom. The molecular formula is C28H40N6O3. The maximum atomic E-state index is 13.4. The first-order valence-electron chi connectivity index (χ1n) is 13.4. The molecule has 0 radical (unpaired) electrons. The normalized spacial score (nSPS) is 21.1. The van der Waals surface area contributed by atoms with E-state index in [-0.39, 0.29) is 17.9 Å². The van der Waals surface area contributed by atoms with E-state index in [2.05, 4.69) is 20.9 Å². The number of nitrogens with zero attached hydrogens (tertiary/aromatic N) is 2. The second kappa shape index (κ2) is 11.6. The summed E-state index contributed by atoms with van der Waals surface area (Å²) in [6, 6.07) is 8.82. The molecule has 2 fully saturated rings. The van der Waals surface area contributed by atoms with Crippen LogP contribution in [0.15, 0.2) is 42.9 Å². The lowest BCUT2D eigenvalue weighted by molar-refractivity contribution is -0.129. The Labute approximate surface area is 219 Å². The van der Waals surface area contributed by atoms with Gasteiger partial charge in [0.05, 0.1) is 11.9 Å². The maximum absolute atomic E-state index is 13.4. The van der Waals surface area contributed by atoms with Crippen LogP contribution in [0.4, 0.5) is 5.82 Å². The van der Waals surface area contributed by atoms with E-state index in [1.54, 1.807) is 30.9 Å². The van der Waals surface area contributed by atoms with E-state index in [0.29, 0.717) is 18.2 Å². The molecule has 2 aliphatic rings. The standard InChI is InChI=1S/C28H40N6O3/c1-27(2,29)26(37)32-22(16-20-10-5-3-6-11-20)25(36)33-24-17-34(19-31-24)28(18-35,23-14-9-15-30-23)21-12-7-4-8-13-21/h4,7-8,12-13,17-20,22-23,30H,3,5-6,9-11,14-16,29H2,1-2H3,(H,32,37)(H,33,36)/t22-,23?,28?/m1/s1. The monoisotopic (exact) mass is 508 g/mol. The Hall–Kier alpha value is -3.04. The van der Waals surface area contributed by atoms with Crippen molar-refractivity contribution in [3.63, 3.8) is 0 Å². The highest BCUT2D eigenvalue weighted by molar-refractivity contribution is 5.97. The average molecular weight is 509 g/mol. The number of benzene rings is 1. The van der Waals surface area contributed by atoms with Crippen LogP contribution in [-0.2, 0) is 19.9 Å². The first kappa shape index (κ1) is 27.0. The largest absolute Gasteiger partial charge is 0.343 e. The van der Waals surface area contributed by atoms with Crippen molar-refractivity contribution in [2.75, 3.05) is 11.9 Å². The summed E-state index contributed by atoms with van der Waals surface area (Å²) in [4.78, 5) is 43.3. The van der Waals surface area contributed by atoms with Crippen LogP contribution in [0.25, 0.3) is 0 Å². The van der Waals surface area contributed by atoms with Crippen molar-refractivity contribution in [3.05, 3.63) is 48.4 Å². The van der Waals surface area contributed by atoms with Crippen LogP contribution in [0, 0.1) is 5.92 Å². The molecule has 1 aromatic heterocycles. The smallest absolute Gasteiger partial charge is 0.248 e. The number of nitrogens with two attached hydrogens (primary N) is 1. The fourth-order valence-electron chi connectivity index (χ4n) is 5.64. The fraction of sp³-hybridized carbons (Fsp3) is 0.571. The lowest BCUT2D eigenvalue weighted by Gasteiger charge is -2.36. The van der Waals surface area contributed by atoms with Gasteiger partial charge in [-0.25, -0.2) is 4.98 Å². The maximum Gasteiger partial charge on any atom is 0.248 e. The van der Waals surface area contributed by atoms with E-state index in [4.69, 9.17) is 5.73 Å². The lowest BCUT2D eigenvalue weighted by atomic mass is 9.82. The first-order chi connectivity index (χ1) is 17.7. The number of hydrogen-bond donors (Lipinski definition) is 4. The average Bonchev–Trinajstić information content (AvgIpc) is 3.59. The predicted octanol–water partition coefficient (Wildman–Crippen LogP) is 2.71. The van der Waals surface area contributed by atoms with E-state index in [9.17, 15) is 14.4 Å². The molecule has 200 valence electrons. The number of carbonyl (C=O) groups is 3. The van der Waals surface area contributed by atoms with Gasteiger partial charge >= 0.3 is 0 Å². The molecule has 3 atom stereocenters. The lowest BCUT2D eigenvalue weighted by Crippen LogP contribution is -2.55. The van der Waals surface area contributed by atoms with Crippen molar-refractivity contribution in [1.82, 2.24) is 20.2 Å². The van der Waals surface area contributed by atoms with Gasteiger partial charge in [-0.05, 0) is 51.1 Å². The van der Waals surface area contributed by atoms with Gasteiger partial charge in [-0.2, -0.15) is 0 Å². The minimum atomic E-state index is -1.10. The van der Waals surface area contributed by atoms with Crippen molar-refractivity contribution in [3.8, 4) is 0 Å². The second-order valence-corrected chi connectivity index (χ2v) is 11.1. The van der Waals surface area contributed by atoms with Gasteiger partial charge in [0.1, 0.15) is 11.6 Å². The number of carbonyl (C=O) groups excluding carboxylic acids is 3. The van der Waals surface area contributed by atoms with Crippen LogP contribution >= 0.6 is 0 Å². The van der Waals surface area contributed by atoms with Crippen LogP contribution in [0.2, 0.25) is 0 Å². The number of amides is 2. The number of aldehydes is 1. The molecule has 37 heavy (non-hydrogen) atoms. The molecule has 1 aliphatic heterocycles. The Morgan fingerprint density at radius 3 is 2.51 bits per heavy atom. The SMILES string of the molecule is CC(C)(N)C(=O)N[C@H](CC1CCCCC1)C(=O)Nc1cn(C(C=O)(c2ccccc2)C2CCCN2)cn1.